The Morgan fingerprint density at radius 2 is 2.12 bits per heavy atom. The number of aliphatic hydroxyl groups excluding tert-OH is 1. The molecule has 1 amide bonds. The molecule has 0 bridgehead atoms. The molecule has 0 aromatic heterocycles. The van der Waals surface area contributed by atoms with Crippen molar-refractivity contribution in [3.05, 3.63) is 39.5 Å². The molecule has 0 fully saturated rings. The summed E-state index contributed by atoms with van der Waals surface area (Å²) in [4.78, 5) is 25.4. The molecular weight excluding hydrogens is 409 g/mol. The third-order valence-corrected chi connectivity index (χ3v) is 4.19. The van der Waals surface area contributed by atoms with Crippen molar-refractivity contribution in [2.24, 2.45) is 0 Å². The highest BCUT2D eigenvalue weighted by Crippen LogP contribution is 2.37. The van der Waals surface area contributed by atoms with E-state index < -0.39 is 23.6 Å². The van der Waals surface area contributed by atoms with Crippen molar-refractivity contribution in [2.45, 2.75) is 6.18 Å². The number of ether oxygens (including phenoxy) is 1. The summed E-state index contributed by atoms with van der Waals surface area (Å²) in [5.74, 6) is -1.38. The number of anilines is 1. The number of benzene rings is 1. The molecule has 6 nitrogen and oxygen atoms in total. The zero-order chi connectivity index (χ0) is 18.8. The van der Waals surface area contributed by atoms with Crippen molar-refractivity contribution in [2.75, 3.05) is 32.1 Å². The lowest BCUT2D eigenvalue weighted by atomic mass is 10.1. The Hall–Kier alpha value is -2.07. The minimum Gasteiger partial charge on any atom is -0.466 e. The lowest BCUT2D eigenvalue weighted by Gasteiger charge is -2.16. The first-order valence-corrected chi connectivity index (χ1v) is 7.83. The molecule has 1 heterocycles. The maximum atomic E-state index is 13.0. The average Bonchev–Trinajstić information content (AvgIpc) is 2.84. The Labute approximate surface area is 149 Å². The fourth-order valence-electron chi connectivity index (χ4n) is 2.31. The third-order valence-electron chi connectivity index (χ3n) is 3.49. The fraction of sp³-hybridized carbons (Fsp3) is 0.333. The molecule has 0 saturated carbocycles. The van der Waals surface area contributed by atoms with E-state index in [1.54, 1.807) is 0 Å². The SMILES string of the molecule is COC(=O)C1=C(Nc2ccc(Br)c(C(F)(F)F)c2)C(=O)N(CCO)C1. The Balaban J connectivity index is 2.39. The van der Waals surface area contributed by atoms with Gasteiger partial charge in [0.1, 0.15) is 5.70 Å². The summed E-state index contributed by atoms with van der Waals surface area (Å²) in [7, 11) is 1.13. The van der Waals surface area contributed by atoms with E-state index in [2.05, 4.69) is 26.0 Å². The molecule has 10 heteroatoms. The molecule has 0 unspecified atom stereocenters. The normalized spacial score (nSPS) is 15.0. The Bertz CT molecular complexity index is 734. The van der Waals surface area contributed by atoms with Gasteiger partial charge >= 0.3 is 12.1 Å². The number of rotatable bonds is 5. The number of alkyl halides is 3. The molecule has 1 aliphatic heterocycles. The first-order valence-electron chi connectivity index (χ1n) is 7.04. The summed E-state index contributed by atoms with van der Waals surface area (Å²) in [6, 6.07) is 3.35. The first kappa shape index (κ1) is 19.3. The molecule has 136 valence electrons. The van der Waals surface area contributed by atoms with Gasteiger partial charge in [-0.05, 0) is 18.2 Å². The zero-order valence-corrected chi connectivity index (χ0v) is 14.6. The molecule has 1 aromatic rings. The second-order valence-electron chi connectivity index (χ2n) is 5.11. The lowest BCUT2D eigenvalue weighted by molar-refractivity contribution is -0.138. The van der Waals surface area contributed by atoms with Gasteiger partial charge in [-0.3, -0.25) is 4.79 Å². The predicted molar refractivity (Wildman–Crippen MR) is 85.5 cm³/mol. The van der Waals surface area contributed by atoms with Crippen molar-refractivity contribution < 1.29 is 32.6 Å². The third kappa shape index (κ3) is 4.13. The number of halogens is 4. The molecule has 0 atom stereocenters. The predicted octanol–water partition coefficient (Wildman–Crippen LogP) is 2.14. The summed E-state index contributed by atoms with van der Waals surface area (Å²) >= 11 is 2.83. The van der Waals surface area contributed by atoms with E-state index in [1.807, 2.05) is 0 Å². The van der Waals surface area contributed by atoms with Crippen LogP contribution in [-0.4, -0.2) is 48.7 Å². The van der Waals surface area contributed by atoms with Crippen LogP contribution in [0.5, 0.6) is 0 Å². The highest BCUT2D eigenvalue weighted by atomic mass is 79.9. The molecule has 2 rings (SSSR count). The van der Waals surface area contributed by atoms with E-state index in [0.29, 0.717) is 0 Å². The van der Waals surface area contributed by atoms with E-state index in [9.17, 15) is 22.8 Å². The summed E-state index contributed by atoms with van der Waals surface area (Å²) in [6.07, 6.45) is -4.58. The maximum Gasteiger partial charge on any atom is 0.417 e. The maximum absolute atomic E-state index is 13.0. The van der Waals surface area contributed by atoms with Crippen molar-refractivity contribution in [3.63, 3.8) is 0 Å². The number of hydrogen-bond donors (Lipinski definition) is 2. The van der Waals surface area contributed by atoms with Crippen LogP contribution in [0.4, 0.5) is 18.9 Å². The van der Waals surface area contributed by atoms with Gasteiger partial charge < -0.3 is 20.1 Å². The van der Waals surface area contributed by atoms with Crippen molar-refractivity contribution in [1.29, 1.82) is 0 Å². The van der Waals surface area contributed by atoms with Crippen molar-refractivity contribution in [1.82, 2.24) is 4.90 Å². The van der Waals surface area contributed by atoms with Gasteiger partial charge in [0.25, 0.3) is 5.91 Å². The van der Waals surface area contributed by atoms with Crippen LogP contribution < -0.4 is 5.32 Å². The number of aliphatic hydroxyl groups is 1. The van der Waals surface area contributed by atoms with E-state index >= 15 is 0 Å². The molecular formula is C15H14BrF3N2O4. The molecule has 1 aromatic carbocycles. The largest absolute Gasteiger partial charge is 0.466 e. The summed E-state index contributed by atoms with van der Waals surface area (Å²) in [5.41, 5.74) is -1.12. The molecule has 1 aliphatic rings. The van der Waals surface area contributed by atoms with Crippen LogP contribution >= 0.6 is 15.9 Å². The summed E-state index contributed by atoms with van der Waals surface area (Å²) in [6.45, 7) is -0.431. The second kappa shape index (κ2) is 7.44. The number of amides is 1. The van der Waals surface area contributed by atoms with Gasteiger partial charge in [0, 0.05) is 16.7 Å². The van der Waals surface area contributed by atoms with Gasteiger partial charge in [-0.15, -0.1) is 0 Å². The van der Waals surface area contributed by atoms with Crippen LogP contribution in [0.2, 0.25) is 0 Å². The van der Waals surface area contributed by atoms with E-state index in [1.165, 1.54) is 17.0 Å². The van der Waals surface area contributed by atoms with Crippen molar-refractivity contribution in [3.8, 4) is 0 Å². The molecule has 2 N–H and O–H groups in total. The van der Waals surface area contributed by atoms with Crippen LogP contribution in [0, 0.1) is 0 Å². The smallest absolute Gasteiger partial charge is 0.417 e. The Kier molecular flexibility index (Phi) is 5.73. The highest BCUT2D eigenvalue weighted by molar-refractivity contribution is 9.10. The van der Waals surface area contributed by atoms with Gasteiger partial charge in [-0.2, -0.15) is 13.2 Å². The molecule has 0 saturated heterocycles. The van der Waals surface area contributed by atoms with Crippen LogP contribution in [-0.2, 0) is 20.5 Å². The molecule has 0 spiro atoms. The summed E-state index contributed by atoms with van der Waals surface area (Å²) < 4.78 is 43.4. The summed E-state index contributed by atoms with van der Waals surface area (Å²) in [5, 5.41) is 11.5. The monoisotopic (exact) mass is 422 g/mol. The quantitative estimate of drug-likeness (QED) is 0.710. The topological polar surface area (TPSA) is 78.9 Å². The fourth-order valence-corrected chi connectivity index (χ4v) is 2.78. The van der Waals surface area contributed by atoms with Crippen LogP contribution in [0.3, 0.4) is 0 Å². The molecule has 0 aliphatic carbocycles. The minimum absolute atomic E-state index is 0.00822. The molecule has 0 radical (unpaired) electrons. The molecule has 25 heavy (non-hydrogen) atoms. The number of nitrogens with one attached hydrogen (secondary N) is 1. The number of nitrogens with zero attached hydrogens (tertiary/aromatic N) is 1. The number of hydrogen-bond acceptors (Lipinski definition) is 5. The Morgan fingerprint density at radius 1 is 1.44 bits per heavy atom. The standard InChI is InChI=1S/C15H14BrF3N2O4/c1-25-14(24)9-7-21(4-5-22)13(23)12(9)20-8-2-3-11(16)10(6-8)15(17,18)19/h2-3,6,20,22H,4-5,7H2,1H3. The number of carbonyl (C=O) groups excluding carboxylic acids is 2. The number of esters is 1. The number of methoxy groups -OCH3 is 1. The van der Waals surface area contributed by atoms with E-state index in [-0.39, 0.29) is 41.1 Å². The highest BCUT2D eigenvalue weighted by Gasteiger charge is 2.36. The van der Waals surface area contributed by atoms with Gasteiger partial charge in [0.05, 0.1) is 31.4 Å². The van der Waals surface area contributed by atoms with Gasteiger partial charge in [0.15, 0.2) is 0 Å². The Morgan fingerprint density at radius 3 is 2.68 bits per heavy atom. The average molecular weight is 423 g/mol. The van der Waals surface area contributed by atoms with Crippen LogP contribution in [0.25, 0.3) is 0 Å². The first-order chi connectivity index (χ1) is 11.7. The van der Waals surface area contributed by atoms with Crippen molar-refractivity contribution >= 4 is 33.5 Å². The van der Waals surface area contributed by atoms with E-state index in [0.717, 1.165) is 13.2 Å². The lowest BCUT2D eigenvalue weighted by Crippen LogP contribution is -2.31. The van der Waals surface area contributed by atoms with Crippen LogP contribution in [0.15, 0.2) is 33.9 Å². The number of carbonyl (C=O) groups is 2. The number of β-amino-alcohol motifs (C(OH)–C–C–N with tert-alkyl or cyclic N) is 1. The van der Waals surface area contributed by atoms with Gasteiger partial charge in [-0.25, -0.2) is 4.79 Å². The zero-order valence-electron chi connectivity index (χ0n) is 13.0. The van der Waals surface area contributed by atoms with Crippen LogP contribution in [0.1, 0.15) is 5.56 Å². The van der Waals surface area contributed by atoms with Gasteiger partial charge in [0.2, 0.25) is 0 Å². The minimum atomic E-state index is -4.58. The van der Waals surface area contributed by atoms with E-state index in [4.69, 9.17) is 5.11 Å². The van der Waals surface area contributed by atoms with Gasteiger partial charge in [-0.1, -0.05) is 15.9 Å². The second-order valence-corrected chi connectivity index (χ2v) is 5.97.